The molecule has 0 aromatic heterocycles. The number of aryl methyl sites for hydroxylation is 1. The predicted molar refractivity (Wildman–Crippen MR) is 100 cm³/mol. The fourth-order valence-corrected chi connectivity index (χ4v) is 3.86. The summed E-state index contributed by atoms with van der Waals surface area (Å²) in [6.07, 6.45) is 5.54. The van der Waals surface area contributed by atoms with Crippen molar-refractivity contribution in [2.24, 2.45) is 17.8 Å². The van der Waals surface area contributed by atoms with Crippen molar-refractivity contribution in [3.8, 4) is 0 Å². The van der Waals surface area contributed by atoms with Crippen LogP contribution in [0.25, 0.3) is 0 Å². The van der Waals surface area contributed by atoms with Gasteiger partial charge in [0, 0.05) is 5.69 Å². The van der Waals surface area contributed by atoms with E-state index < -0.39 is 6.04 Å². The number of nitrogens with zero attached hydrogens (tertiary/aromatic N) is 1. The number of likely N-dealkylation sites (tertiary alicyclic amines) is 1. The van der Waals surface area contributed by atoms with Gasteiger partial charge in [0.05, 0.1) is 11.8 Å². The monoisotopic (exact) mass is 354 g/mol. The maximum Gasteiger partial charge on any atom is 0.247 e. The fourth-order valence-electron chi connectivity index (χ4n) is 3.86. The molecule has 0 radical (unpaired) electrons. The number of allylic oxidation sites excluding steroid dienone is 2. The van der Waals surface area contributed by atoms with Crippen molar-refractivity contribution in [1.82, 2.24) is 4.90 Å². The lowest BCUT2D eigenvalue weighted by Gasteiger charge is -2.27. The first-order chi connectivity index (χ1) is 12.4. The van der Waals surface area contributed by atoms with Gasteiger partial charge in [-0.25, -0.2) is 0 Å². The molecule has 0 bridgehead atoms. The van der Waals surface area contributed by atoms with Crippen LogP contribution in [0.15, 0.2) is 36.4 Å². The standard InChI is InChI=1S/C21H26N2O3/c1-13(2)11-18(19(24)22-15-8-6-7-14(3)12-15)23-20(25)16-9-4-5-10-17(16)21(23)26/h4-8,12-13,16-18H,9-11H2,1-3H3,(H,22,24). The van der Waals surface area contributed by atoms with Crippen LogP contribution in [0, 0.1) is 24.7 Å². The van der Waals surface area contributed by atoms with E-state index in [1.807, 2.05) is 57.2 Å². The summed E-state index contributed by atoms with van der Waals surface area (Å²) < 4.78 is 0. The van der Waals surface area contributed by atoms with Crippen LogP contribution in [0.2, 0.25) is 0 Å². The molecule has 138 valence electrons. The van der Waals surface area contributed by atoms with Crippen LogP contribution >= 0.6 is 0 Å². The largest absolute Gasteiger partial charge is 0.324 e. The number of rotatable bonds is 5. The second-order valence-electron chi connectivity index (χ2n) is 7.71. The Hall–Kier alpha value is -2.43. The van der Waals surface area contributed by atoms with E-state index in [1.165, 1.54) is 4.90 Å². The highest BCUT2D eigenvalue weighted by Gasteiger charge is 2.51. The second-order valence-corrected chi connectivity index (χ2v) is 7.71. The van der Waals surface area contributed by atoms with E-state index in [2.05, 4.69) is 5.32 Å². The van der Waals surface area contributed by atoms with Gasteiger partial charge in [-0.3, -0.25) is 19.3 Å². The number of carbonyl (C=O) groups excluding carboxylic acids is 3. The molecular weight excluding hydrogens is 328 g/mol. The van der Waals surface area contributed by atoms with Gasteiger partial charge in [-0.2, -0.15) is 0 Å². The lowest BCUT2D eigenvalue weighted by atomic mass is 9.85. The zero-order valence-electron chi connectivity index (χ0n) is 15.6. The Labute approximate surface area is 154 Å². The highest BCUT2D eigenvalue weighted by atomic mass is 16.2. The number of hydrogen-bond donors (Lipinski definition) is 1. The second kappa shape index (κ2) is 7.44. The van der Waals surface area contributed by atoms with E-state index in [4.69, 9.17) is 0 Å². The van der Waals surface area contributed by atoms with Crippen molar-refractivity contribution >= 4 is 23.4 Å². The van der Waals surface area contributed by atoms with Gasteiger partial charge < -0.3 is 5.32 Å². The smallest absolute Gasteiger partial charge is 0.247 e. The summed E-state index contributed by atoms with van der Waals surface area (Å²) in [6, 6.07) is 6.75. The molecule has 1 N–H and O–H groups in total. The lowest BCUT2D eigenvalue weighted by Crippen LogP contribution is -2.48. The Morgan fingerprint density at radius 1 is 1.15 bits per heavy atom. The third-order valence-corrected chi connectivity index (χ3v) is 5.14. The van der Waals surface area contributed by atoms with E-state index in [1.54, 1.807) is 0 Å². The van der Waals surface area contributed by atoms with E-state index in [-0.39, 0.29) is 35.5 Å². The summed E-state index contributed by atoms with van der Waals surface area (Å²) in [4.78, 5) is 40.0. The van der Waals surface area contributed by atoms with Crippen LogP contribution in [0.3, 0.4) is 0 Å². The molecule has 1 aromatic rings. The summed E-state index contributed by atoms with van der Waals surface area (Å²) in [5.74, 6) is -1.13. The molecule has 3 rings (SSSR count). The topological polar surface area (TPSA) is 66.5 Å². The Kier molecular flexibility index (Phi) is 5.25. The minimum Gasteiger partial charge on any atom is -0.324 e. The first kappa shape index (κ1) is 18.4. The molecule has 1 aromatic carbocycles. The maximum absolute atomic E-state index is 13.0. The third-order valence-electron chi connectivity index (χ3n) is 5.14. The number of anilines is 1. The number of amides is 3. The minimum atomic E-state index is -0.763. The number of fused-ring (bicyclic) bond motifs is 1. The van der Waals surface area contributed by atoms with Gasteiger partial charge in [-0.05, 0) is 49.8 Å². The molecule has 1 aliphatic carbocycles. The van der Waals surface area contributed by atoms with E-state index >= 15 is 0 Å². The molecule has 2 aliphatic rings. The van der Waals surface area contributed by atoms with Crippen molar-refractivity contribution in [3.63, 3.8) is 0 Å². The van der Waals surface area contributed by atoms with Crippen molar-refractivity contribution in [1.29, 1.82) is 0 Å². The average Bonchev–Trinajstić information content (AvgIpc) is 2.84. The van der Waals surface area contributed by atoms with E-state index in [9.17, 15) is 14.4 Å². The van der Waals surface area contributed by atoms with Gasteiger partial charge in [0.1, 0.15) is 6.04 Å². The minimum absolute atomic E-state index is 0.185. The quantitative estimate of drug-likeness (QED) is 0.652. The molecule has 1 aliphatic heterocycles. The summed E-state index contributed by atoms with van der Waals surface area (Å²) >= 11 is 0. The zero-order valence-corrected chi connectivity index (χ0v) is 15.6. The van der Waals surface area contributed by atoms with Crippen LogP contribution in [-0.2, 0) is 14.4 Å². The Bertz CT molecular complexity index is 727. The van der Waals surface area contributed by atoms with Gasteiger partial charge >= 0.3 is 0 Å². The van der Waals surface area contributed by atoms with Gasteiger partial charge in [0.15, 0.2) is 0 Å². The van der Waals surface area contributed by atoms with Crippen LogP contribution < -0.4 is 5.32 Å². The average molecular weight is 354 g/mol. The van der Waals surface area contributed by atoms with Crippen molar-refractivity contribution in [3.05, 3.63) is 42.0 Å². The normalized spacial score (nSPS) is 23.3. The lowest BCUT2D eigenvalue weighted by molar-refractivity contribution is -0.147. The summed E-state index contributed by atoms with van der Waals surface area (Å²) in [6.45, 7) is 5.94. The van der Waals surface area contributed by atoms with Crippen molar-refractivity contribution in [2.75, 3.05) is 5.32 Å². The van der Waals surface area contributed by atoms with E-state index in [0.717, 1.165) is 5.56 Å². The molecule has 1 saturated heterocycles. The molecule has 5 nitrogen and oxygen atoms in total. The number of carbonyl (C=O) groups is 3. The van der Waals surface area contributed by atoms with Gasteiger partial charge in [-0.1, -0.05) is 38.1 Å². The highest BCUT2D eigenvalue weighted by molar-refractivity contribution is 6.10. The third kappa shape index (κ3) is 3.57. The zero-order chi connectivity index (χ0) is 18.8. The molecule has 3 amide bonds. The predicted octanol–water partition coefficient (Wildman–Crippen LogP) is 3.30. The molecule has 26 heavy (non-hydrogen) atoms. The van der Waals surface area contributed by atoms with Gasteiger partial charge in [-0.15, -0.1) is 0 Å². The van der Waals surface area contributed by atoms with Crippen LogP contribution in [0.1, 0.15) is 38.7 Å². The molecule has 3 unspecified atom stereocenters. The van der Waals surface area contributed by atoms with E-state index in [0.29, 0.717) is 24.9 Å². The number of imide groups is 1. The van der Waals surface area contributed by atoms with Crippen LogP contribution in [0.5, 0.6) is 0 Å². The van der Waals surface area contributed by atoms with Gasteiger partial charge in [0.2, 0.25) is 17.7 Å². The summed E-state index contributed by atoms with van der Waals surface area (Å²) in [5.41, 5.74) is 1.72. The number of hydrogen-bond acceptors (Lipinski definition) is 3. The SMILES string of the molecule is Cc1cccc(NC(=O)C(CC(C)C)N2C(=O)C3CC=CCC3C2=O)c1. The Balaban J connectivity index is 1.84. The van der Waals surface area contributed by atoms with Crippen molar-refractivity contribution < 1.29 is 14.4 Å². The molecule has 1 heterocycles. The number of benzene rings is 1. The molecule has 0 saturated carbocycles. The molecule has 1 fully saturated rings. The molecule has 3 atom stereocenters. The first-order valence-corrected chi connectivity index (χ1v) is 9.28. The Morgan fingerprint density at radius 2 is 1.77 bits per heavy atom. The molecular formula is C21H26N2O3. The molecule has 0 spiro atoms. The van der Waals surface area contributed by atoms with Crippen LogP contribution in [0.4, 0.5) is 5.69 Å². The first-order valence-electron chi connectivity index (χ1n) is 9.28. The number of nitrogens with one attached hydrogen (secondary N) is 1. The molecule has 5 heteroatoms. The maximum atomic E-state index is 13.0. The van der Waals surface area contributed by atoms with Crippen molar-refractivity contribution in [2.45, 2.75) is 46.1 Å². The van der Waals surface area contributed by atoms with Crippen LogP contribution in [-0.4, -0.2) is 28.7 Å². The van der Waals surface area contributed by atoms with Gasteiger partial charge in [0.25, 0.3) is 0 Å². The fraction of sp³-hybridized carbons (Fsp3) is 0.476. The highest BCUT2D eigenvalue weighted by Crippen LogP contribution is 2.37. The summed E-state index contributed by atoms with van der Waals surface area (Å²) in [7, 11) is 0. The Morgan fingerprint density at radius 3 is 2.31 bits per heavy atom. The summed E-state index contributed by atoms with van der Waals surface area (Å²) in [5, 5.41) is 2.89.